The third kappa shape index (κ3) is 19.5. The number of esters is 2. The Kier molecular flexibility index (Phi) is 20.6. The third-order valence-electron chi connectivity index (χ3n) is 9.74. The predicted octanol–water partition coefficient (Wildman–Crippen LogP) is 11.7. The summed E-state index contributed by atoms with van der Waals surface area (Å²) in [5, 5.41) is 0. The SMILES string of the molecule is C=COC(=O)CCCCCCOc1ccc(C#Cc2ccc(C[Si](C)(C)O[Si](C)(C)Cc3ccc(C#Cc4ccc(OCCCCCCOC(=O)C=C)c(F)c4)cc3)cc2)cc1F. The van der Waals surface area contributed by atoms with Crippen molar-refractivity contribution >= 4 is 28.6 Å². The lowest BCUT2D eigenvalue weighted by Gasteiger charge is -2.34. The Balaban J connectivity index is 1.18. The second kappa shape index (κ2) is 26.0. The average molecular weight is 891 g/mol. The molecular weight excluding hydrogens is 831 g/mol. The van der Waals surface area contributed by atoms with E-state index in [1.807, 2.05) is 24.3 Å². The lowest BCUT2D eigenvalue weighted by Crippen LogP contribution is -2.47. The van der Waals surface area contributed by atoms with E-state index in [9.17, 15) is 18.4 Å². The molecule has 0 heterocycles. The number of hydrogen-bond acceptors (Lipinski definition) is 7. The molecule has 0 amide bonds. The van der Waals surface area contributed by atoms with Crippen molar-refractivity contribution < 1.29 is 41.4 Å². The Bertz CT molecular complexity index is 2250. The molecule has 4 aromatic rings. The van der Waals surface area contributed by atoms with E-state index in [1.165, 1.54) is 23.3 Å². The van der Waals surface area contributed by atoms with Gasteiger partial charge >= 0.3 is 11.9 Å². The Labute approximate surface area is 375 Å². The van der Waals surface area contributed by atoms with Crippen LogP contribution in [0.15, 0.2) is 110 Å². The summed E-state index contributed by atoms with van der Waals surface area (Å²) in [5.74, 6) is 11.2. The van der Waals surface area contributed by atoms with Crippen LogP contribution in [0.2, 0.25) is 26.2 Å². The van der Waals surface area contributed by atoms with Gasteiger partial charge in [0.05, 0.1) is 26.1 Å². The number of carbonyl (C=O) groups is 2. The van der Waals surface area contributed by atoms with Gasteiger partial charge in [-0.25, -0.2) is 13.6 Å². The Morgan fingerprint density at radius 2 is 0.984 bits per heavy atom. The predicted molar refractivity (Wildman–Crippen MR) is 251 cm³/mol. The standard InChI is InChI=1S/C52H60F2O7Si2/c1-7-51(55)60-36-16-12-11-15-35-59-50-33-31-44(38-48(50)54)25-19-42-22-28-46(29-23-42)40-63(5,6)61-62(3,4)39-45-26-20-41(21-27-45)18-24-43-30-32-49(47(53)37-43)58-34-14-10-9-13-17-52(56)57-8-2/h7-8,20-23,26-33,37-38H,1-2,9-17,34-36,39-40H2,3-6H3. The van der Waals surface area contributed by atoms with Crippen molar-refractivity contribution in [3.8, 4) is 35.2 Å². The first-order valence-corrected chi connectivity index (χ1v) is 27.8. The van der Waals surface area contributed by atoms with Crippen molar-refractivity contribution in [3.63, 3.8) is 0 Å². The van der Waals surface area contributed by atoms with E-state index in [-0.39, 0.29) is 17.5 Å². The highest BCUT2D eigenvalue weighted by Crippen LogP contribution is 2.24. The molecule has 4 aromatic carbocycles. The zero-order valence-corrected chi connectivity index (χ0v) is 39.2. The summed E-state index contributed by atoms with van der Waals surface area (Å²) < 4.78 is 57.3. The summed E-state index contributed by atoms with van der Waals surface area (Å²) in [6, 6.07) is 27.7. The van der Waals surface area contributed by atoms with Crippen LogP contribution in [-0.4, -0.2) is 48.4 Å². The van der Waals surface area contributed by atoms with Gasteiger partial charge in [0, 0.05) is 34.8 Å². The molecule has 0 N–H and O–H groups in total. The van der Waals surface area contributed by atoms with E-state index >= 15 is 0 Å². The van der Waals surface area contributed by atoms with Crippen LogP contribution in [0.3, 0.4) is 0 Å². The molecule has 0 aliphatic carbocycles. The molecule has 0 unspecified atom stereocenters. The fourth-order valence-corrected chi connectivity index (χ4v) is 15.9. The fraction of sp³-hybridized carbons (Fsp3) is 0.346. The quantitative estimate of drug-likeness (QED) is 0.0173. The highest BCUT2D eigenvalue weighted by molar-refractivity contribution is 6.84. The molecule has 63 heavy (non-hydrogen) atoms. The number of benzene rings is 4. The molecule has 7 nitrogen and oxygen atoms in total. The topological polar surface area (TPSA) is 80.3 Å². The zero-order valence-electron chi connectivity index (χ0n) is 37.2. The van der Waals surface area contributed by atoms with E-state index in [4.69, 9.17) is 23.1 Å². The first kappa shape index (κ1) is 49.9. The number of carbonyl (C=O) groups excluding carboxylic acids is 2. The van der Waals surface area contributed by atoms with E-state index in [0.717, 1.165) is 86.9 Å². The molecule has 0 spiro atoms. The number of hydrogen-bond donors (Lipinski definition) is 0. The third-order valence-corrected chi connectivity index (χ3v) is 16.7. The number of unbranched alkanes of at least 4 members (excludes halogenated alkanes) is 6. The van der Waals surface area contributed by atoms with E-state index < -0.39 is 34.2 Å². The molecule has 0 aromatic heterocycles. The Morgan fingerprint density at radius 3 is 1.41 bits per heavy atom. The maximum atomic E-state index is 14.7. The molecule has 4 rings (SSSR count). The monoisotopic (exact) mass is 890 g/mol. The van der Waals surface area contributed by atoms with Crippen molar-refractivity contribution in [2.45, 2.75) is 96.1 Å². The van der Waals surface area contributed by atoms with Gasteiger partial charge in [0.2, 0.25) is 0 Å². The second-order valence-corrected chi connectivity index (χ2v) is 25.0. The molecule has 0 fully saturated rings. The molecule has 0 radical (unpaired) electrons. The molecule has 0 atom stereocenters. The number of halogens is 2. The van der Waals surface area contributed by atoms with Crippen LogP contribution in [0.1, 0.15) is 91.2 Å². The van der Waals surface area contributed by atoms with Crippen LogP contribution in [0.25, 0.3) is 0 Å². The first-order valence-electron chi connectivity index (χ1n) is 21.6. The molecule has 0 aliphatic heterocycles. The molecule has 332 valence electrons. The molecule has 0 aliphatic rings. The van der Waals surface area contributed by atoms with Crippen molar-refractivity contribution in [1.29, 1.82) is 0 Å². The molecule has 0 saturated carbocycles. The van der Waals surface area contributed by atoms with Gasteiger partial charge in [0.1, 0.15) is 0 Å². The summed E-state index contributed by atoms with van der Waals surface area (Å²) in [5.41, 5.74) is 5.23. The molecule has 11 heteroatoms. The van der Waals surface area contributed by atoms with Gasteiger partial charge in [-0.05, 0) is 149 Å². The van der Waals surface area contributed by atoms with Crippen LogP contribution in [0.5, 0.6) is 11.5 Å². The van der Waals surface area contributed by atoms with Crippen LogP contribution >= 0.6 is 0 Å². The summed E-state index contributed by atoms with van der Waals surface area (Å²) in [6.07, 6.45) is 9.20. The highest BCUT2D eigenvalue weighted by Gasteiger charge is 2.33. The summed E-state index contributed by atoms with van der Waals surface area (Å²) in [4.78, 5) is 22.4. The van der Waals surface area contributed by atoms with Crippen molar-refractivity contribution in [1.82, 2.24) is 0 Å². The molecule has 0 bridgehead atoms. The largest absolute Gasteiger partial charge is 0.491 e. The van der Waals surface area contributed by atoms with Gasteiger partial charge < -0.3 is 23.1 Å². The summed E-state index contributed by atoms with van der Waals surface area (Å²) in [7, 11) is -4.15. The van der Waals surface area contributed by atoms with Crippen LogP contribution in [0, 0.1) is 35.3 Å². The normalized spacial score (nSPS) is 11.0. The zero-order chi connectivity index (χ0) is 45.5. The lowest BCUT2D eigenvalue weighted by atomic mass is 10.1. The Hall–Kier alpha value is -5.73. The minimum Gasteiger partial charge on any atom is -0.491 e. The maximum Gasteiger partial charge on any atom is 0.330 e. The van der Waals surface area contributed by atoms with Gasteiger partial charge in [-0.15, -0.1) is 0 Å². The average Bonchev–Trinajstić information content (AvgIpc) is 3.24. The van der Waals surface area contributed by atoms with Gasteiger partial charge in [-0.1, -0.05) is 73.9 Å². The van der Waals surface area contributed by atoms with Gasteiger partial charge in [-0.2, -0.15) is 0 Å². The Morgan fingerprint density at radius 1 is 0.571 bits per heavy atom. The molecule has 0 saturated heterocycles. The minimum absolute atomic E-state index is 0.202. The van der Waals surface area contributed by atoms with Crippen LogP contribution < -0.4 is 9.47 Å². The van der Waals surface area contributed by atoms with E-state index in [0.29, 0.717) is 37.4 Å². The van der Waals surface area contributed by atoms with Crippen LogP contribution in [0.4, 0.5) is 8.78 Å². The highest BCUT2D eigenvalue weighted by atomic mass is 28.4. The number of ether oxygens (including phenoxy) is 4. The van der Waals surface area contributed by atoms with Gasteiger partial charge in [-0.3, -0.25) is 4.79 Å². The fourth-order valence-electron chi connectivity index (χ4n) is 6.93. The molecular formula is C52H60F2O7Si2. The van der Waals surface area contributed by atoms with Crippen molar-refractivity contribution in [2.24, 2.45) is 0 Å². The van der Waals surface area contributed by atoms with E-state index in [1.54, 1.807) is 24.3 Å². The van der Waals surface area contributed by atoms with Crippen molar-refractivity contribution in [2.75, 3.05) is 19.8 Å². The maximum absolute atomic E-state index is 14.7. The van der Waals surface area contributed by atoms with Gasteiger partial charge in [0.15, 0.2) is 39.8 Å². The number of rotatable bonds is 24. The van der Waals surface area contributed by atoms with Gasteiger partial charge in [0.25, 0.3) is 0 Å². The first-order chi connectivity index (χ1) is 30.2. The lowest BCUT2D eigenvalue weighted by molar-refractivity contribution is -0.138. The summed E-state index contributed by atoms with van der Waals surface area (Å²) >= 11 is 0. The smallest absolute Gasteiger partial charge is 0.330 e. The minimum atomic E-state index is -2.08. The van der Waals surface area contributed by atoms with Crippen LogP contribution in [-0.2, 0) is 35.3 Å². The van der Waals surface area contributed by atoms with Crippen molar-refractivity contribution in [3.05, 3.63) is 155 Å². The second-order valence-electron chi connectivity index (χ2n) is 16.5. The van der Waals surface area contributed by atoms with E-state index in [2.05, 4.69) is 87.3 Å². The summed E-state index contributed by atoms with van der Waals surface area (Å²) in [6.45, 7) is 17.0.